The van der Waals surface area contributed by atoms with Crippen molar-refractivity contribution < 1.29 is 29.2 Å². The Hall–Kier alpha value is -1.51. The van der Waals surface area contributed by atoms with Gasteiger partial charge in [-0.25, -0.2) is 0 Å². The topological polar surface area (TPSA) is 89.7 Å². The first kappa shape index (κ1) is 20.8. The molecule has 26 heavy (non-hydrogen) atoms. The summed E-state index contributed by atoms with van der Waals surface area (Å²) in [5.74, 6) is 0.471. The average Bonchev–Trinajstić information content (AvgIpc) is 2.64. The van der Waals surface area contributed by atoms with Crippen LogP contribution in [0.15, 0.2) is 35.3 Å². The van der Waals surface area contributed by atoms with Crippen LogP contribution in [0.4, 0.5) is 0 Å². The predicted molar refractivity (Wildman–Crippen MR) is 96.9 cm³/mol. The molecule has 1 aliphatic heterocycles. The molecule has 1 fully saturated rings. The first-order valence-electron chi connectivity index (χ1n) is 8.76. The summed E-state index contributed by atoms with van der Waals surface area (Å²) in [6.07, 6.45) is -4.75. The molecule has 2 rings (SSSR count). The van der Waals surface area contributed by atoms with Crippen molar-refractivity contribution in [3.05, 3.63) is 35.9 Å². The van der Waals surface area contributed by atoms with E-state index >= 15 is 0 Å². The molecule has 0 radical (unpaired) electrons. The Labute approximate surface area is 154 Å². The van der Waals surface area contributed by atoms with Crippen LogP contribution in [0, 0.1) is 5.92 Å². The number of nitrogens with zero attached hydrogens (tertiary/aromatic N) is 1. The van der Waals surface area contributed by atoms with Gasteiger partial charge in [0.2, 0.25) is 0 Å². The molecule has 7 nitrogen and oxygen atoms in total. The molecule has 1 aromatic carbocycles. The molecule has 5 atom stereocenters. The van der Waals surface area contributed by atoms with Crippen LogP contribution in [0.1, 0.15) is 19.4 Å². The van der Waals surface area contributed by atoms with E-state index in [4.69, 9.17) is 18.9 Å². The highest BCUT2D eigenvalue weighted by Gasteiger charge is 2.46. The molecular weight excluding hydrogens is 338 g/mol. The first-order valence-corrected chi connectivity index (χ1v) is 8.76. The Bertz CT molecular complexity index is 562. The monoisotopic (exact) mass is 367 g/mol. The molecule has 1 aliphatic rings. The number of methoxy groups -OCH3 is 2. The van der Waals surface area contributed by atoms with Crippen LogP contribution >= 0.6 is 0 Å². The quantitative estimate of drug-likeness (QED) is 0.559. The van der Waals surface area contributed by atoms with E-state index in [9.17, 15) is 10.2 Å². The largest absolute Gasteiger partial charge is 0.469 e. The van der Waals surface area contributed by atoms with Gasteiger partial charge in [0, 0.05) is 20.1 Å². The second-order valence-electron chi connectivity index (χ2n) is 6.59. The number of hydrogen-bond donors (Lipinski definition) is 2. The molecule has 1 heterocycles. The van der Waals surface area contributed by atoms with Crippen molar-refractivity contribution >= 4 is 5.90 Å². The van der Waals surface area contributed by atoms with Gasteiger partial charge in [0.25, 0.3) is 0 Å². The molecule has 0 aliphatic carbocycles. The van der Waals surface area contributed by atoms with Gasteiger partial charge < -0.3 is 29.2 Å². The van der Waals surface area contributed by atoms with Crippen LogP contribution < -0.4 is 0 Å². The Morgan fingerprint density at radius 2 is 1.85 bits per heavy atom. The van der Waals surface area contributed by atoms with Crippen LogP contribution in [0.3, 0.4) is 0 Å². The van der Waals surface area contributed by atoms with Crippen molar-refractivity contribution in [2.24, 2.45) is 10.9 Å². The van der Waals surface area contributed by atoms with Gasteiger partial charge in [-0.15, -0.1) is 0 Å². The van der Waals surface area contributed by atoms with Crippen molar-refractivity contribution in [1.29, 1.82) is 0 Å². The molecule has 7 heteroatoms. The van der Waals surface area contributed by atoms with E-state index in [1.807, 2.05) is 44.2 Å². The Kier molecular flexibility index (Phi) is 7.99. The number of aliphatic hydroxyl groups is 2. The molecule has 2 N–H and O–H groups in total. The summed E-state index contributed by atoms with van der Waals surface area (Å²) < 4.78 is 21.9. The van der Waals surface area contributed by atoms with Crippen molar-refractivity contribution in [2.45, 2.75) is 51.1 Å². The fraction of sp³-hybridized carbons (Fsp3) is 0.632. The molecule has 0 amide bonds. The molecule has 0 bridgehead atoms. The maximum Gasteiger partial charge on any atom is 0.197 e. The lowest BCUT2D eigenvalue weighted by Gasteiger charge is -2.41. The second-order valence-corrected chi connectivity index (χ2v) is 6.59. The third-order valence-corrected chi connectivity index (χ3v) is 4.22. The number of aliphatic hydroxyl groups excluding tert-OH is 2. The van der Waals surface area contributed by atoms with E-state index in [-0.39, 0.29) is 12.5 Å². The summed E-state index contributed by atoms with van der Waals surface area (Å²) in [5, 5.41) is 20.8. The van der Waals surface area contributed by atoms with Crippen molar-refractivity contribution in [2.75, 3.05) is 20.8 Å². The van der Waals surface area contributed by atoms with Gasteiger partial charge in [-0.1, -0.05) is 44.2 Å². The van der Waals surface area contributed by atoms with Crippen LogP contribution in [-0.2, 0) is 25.5 Å². The van der Waals surface area contributed by atoms with Crippen LogP contribution in [0.2, 0.25) is 0 Å². The number of benzene rings is 1. The number of hydrogen-bond acceptors (Lipinski definition) is 7. The van der Waals surface area contributed by atoms with Crippen molar-refractivity contribution in [3.63, 3.8) is 0 Å². The summed E-state index contributed by atoms with van der Waals surface area (Å²) in [5.41, 5.74) is 1.05. The van der Waals surface area contributed by atoms with Crippen LogP contribution in [0.5, 0.6) is 0 Å². The molecule has 146 valence electrons. The highest BCUT2D eigenvalue weighted by atomic mass is 16.7. The molecule has 1 aromatic rings. The number of aliphatic imine (C=N–C) groups is 1. The standard InChI is InChI=1S/C19H29NO6/c1-12(2)18(20-10-13-8-6-5-7-9-13)26-17-16(22)15(21)14(11-23-3)25-19(17)24-4/h5-9,12,14-17,19,21-22H,10-11H2,1-4H3/b20-18+. The summed E-state index contributed by atoms with van der Waals surface area (Å²) in [4.78, 5) is 4.54. The predicted octanol–water partition coefficient (Wildman–Crippen LogP) is 1.37. The highest BCUT2D eigenvalue weighted by molar-refractivity contribution is 5.78. The van der Waals surface area contributed by atoms with Gasteiger partial charge >= 0.3 is 0 Å². The first-order chi connectivity index (χ1) is 12.5. The Morgan fingerprint density at radius 3 is 2.42 bits per heavy atom. The maximum absolute atomic E-state index is 10.5. The third kappa shape index (κ3) is 5.25. The third-order valence-electron chi connectivity index (χ3n) is 4.22. The zero-order chi connectivity index (χ0) is 19.1. The lowest BCUT2D eigenvalue weighted by Crippen LogP contribution is -2.60. The number of ether oxygens (including phenoxy) is 4. The number of rotatable bonds is 7. The summed E-state index contributed by atoms with van der Waals surface area (Å²) in [7, 11) is 2.96. The van der Waals surface area contributed by atoms with E-state index in [0.717, 1.165) is 5.56 Å². The Balaban J connectivity index is 2.13. The normalized spacial score (nSPS) is 29.8. The minimum absolute atomic E-state index is 0.00254. The van der Waals surface area contributed by atoms with Gasteiger partial charge in [-0.2, -0.15) is 0 Å². The molecule has 0 aromatic heterocycles. The average molecular weight is 367 g/mol. The molecular formula is C19H29NO6. The highest BCUT2D eigenvalue weighted by Crippen LogP contribution is 2.25. The fourth-order valence-electron chi connectivity index (χ4n) is 2.77. The summed E-state index contributed by atoms with van der Waals surface area (Å²) in [6.45, 7) is 4.51. The van der Waals surface area contributed by atoms with Crippen LogP contribution in [-0.4, -0.2) is 67.6 Å². The second kappa shape index (κ2) is 9.99. The smallest absolute Gasteiger partial charge is 0.197 e. The van der Waals surface area contributed by atoms with Gasteiger partial charge in [-0.05, 0) is 5.56 Å². The van der Waals surface area contributed by atoms with E-state index < -0.39 is 30.7 Å². The minimum Gasteiger partial charge on any atom is -0.469 e. The van der Waals surface area contributed by atoms with Gasteiger partial charge in [0.05, 0.1) is 13.2 Å². The van der Waals surface area contributed by atoms with E-state index in [2.05, 4.69) is 4.99 Å². The molecule has 5 unspecified atom stereocenters. The Morgan fingerprint density at radius 1 is 1.15 bits per heavy atom. The zero-order valence-electron chi connectivity index (χ0n) is 15.7. The maximum atomic E-state index is 10.5. The zero-order valence-corrected chi connectivity index (χ0v) is 15.7. The minimum atomic E-state index is -1.19. The van der Waals surface area contributed by atoms with Crippen LogP contribution in [0.25, 0.3) is 0 Å². The lowest BCUT2D eigenvalue weighted by atomic mass is 9.99. The van der Waals surface area contributed by atoms with Gasteiger partial charge in [0.1, 0.15) is 18.3 Å². The van der Waals surface area contributed by atoms with Gasteiger partial charge in [-0.3, -0.25) is 4.99 Å². The molecule has 1 saturated heterocycles. The SMILES string of the molecule is COCC1OC(OC)C(O/C(=N/Cc2ccccc2)C(C)C)C(O)C1O. The fourth-order valence-corrected chi connectivity index (χ4v) is 2.77. The van der Waals surface area contributed by atoms with Crippen molar-refractivity contribution in [3.8, 4) is 0 Å². The summed E-state index contributed by atoms with van der Waals surface area (Å²) >= 11 is 0. The molecule has 0 spiro atoms. The van der Waals surface area contributed by atoms with Crippen molar-refractivity contribution in [1.82, 2.24) is 0 Å². The van der Waals surface area contributed by atoms with E-state index in [1.165, 1.54) is 14.2 Å². The molecule has 0 saturated carbocycles. The van der Waals surface area contributed by atoms with E-state index in [0.29, 0.717) is 12.4 Å². The van der Waals surface area contributed by atoms with E-state index in [1.54, 1.807) is 0 Å². The summed E-state index contributed by atoms with van der Waals surface area (Å²) in [6, 6.07) is 9.82. The lowest BCUT2D eigenvalue weighted by molar-refractivity contribution is -0.292. The van der Waals surface area contributed by atoms with Gasteiger partial charge in [0.15, 0.2) is 18.3 Å².